The average molecular weight is 275 g/mol. The second-order valence-corrected chi connectivity index (χ2v) is 6.71. The van der Waals surface area contributed by atoms with Gasteiger partial charge in [-0.2, -0.15) is 0 Å². The molecule has 20 heavy (non-hydrogen) atoms. The summed E-state index contributed by atoms with van der Waals surface area (Å²) < 4.78 is 20.2. The average Bonchev–Trinajstić information content (AvgIpc) is 2.54. The summed E-state index contributed by atoms with van der Waals surface area (Å²) in [5.74, 6) is -0.282. The van der Waals surface area contributed by atoms with Crippen molar-refractivity contribution in [1.82, 2.24) is 5.32 Å². The molecule has 1 aliphatic heterocycles. The van der Waals surface area contributed by atoms with Gasteiger partial charge in [-0.05, 0) is 42.3 Å². The fraction of sp³-hybridized carbons (Fsp3) is 0.500. The van der Waals surface area contributed by atoms with Crippen LogP contribution in [0.5, 0.6) is 0 Å². The largest absolute Gasteiger partial charge is 0.426 e. The molecule has 0 atom stereocenters. The maximum atomic E-state index is 14.0. The Kier molecular flexibility index (Phi) is 3.72. The van der Waals surface area contributed by atoms with Crippen molar-refractivity contribution < 1.29 is 9.04 Å². The van der Waals surface area contributed by atoms with Crippen LogP contribution in [0.25, 0.3) is 12.8 Å². The van der Waals surface area contributed by atoms with Gasteiger partial charge in [0.15, 0.2) is 0 Å². The molecule has 2 nitrogen and oxygen atoms in total. The van der Waals surface area contributed by atoms with Gasteiger partial charge in [0, 0.05) is 18.5 Å². The highest BCUT2D eigenvalue weighted by atomic mass is 19.1. The highest BCUT2D eigenvalue weighted by Gasteiger charge is 2.49. The minimum atomic E-state index is -0.282. The van der Waals surface area contributed by atoms with Gasteiger partial charge in [-0.25, -0.2) is 4.39 Å². The maximum absolute atomic E-state index is 14.0. The molecule has 0 amide bonds. The SMILES string of the molecule is C=c1c(F)cc(B2CC(C)(C)C(C)(C)O2)c/c1=C/NC. The Labute approximate surface area is 120 Å². The van der Waals surface area contributed by atoms with E-state index in [1.807, 2.05) is 6.07 Å². The van der Waals surface area contributed by atoms with Crippen LogP contribution in [0.2, 0.25) is 6.32 Å². The fourth-order valence-corrected chi connectivity index (χ4v) is 2.60. The van der Waals surface area contributed by atoms with Crippen LogP contribution in [0.15, 0.2) is 12.1 Å². The molecule has 0 aromatic heterocycles. The Morgan fingerprint density at radius 3 is 2.50 bits per heavy atom. The smallest absolute Gasteiger partial charge is 0.328 e. The van der Waals surface area contributed by atoms with Gasteiger partial charge in [0.1, 0.15) is 5.82 Å². The first-order valence-corrected chi connectivity index (χ1v) is 7.01. The van der Waals surface area contributed by atoms with Gasteiger partial charge >= 0.3 is 6.92 Å². The first kappa shape index (κ1) is 15.1. The van der Waals surface area contributed by atoms with Crippen molar-refractivity contribution in [2.75, 3.05) is 7.05 Å². The van der Waals surface area contributed by atoms with Crippen molar-refractivity contribution in [3.8, 4) is 0 Å². The van der Waals surface area contributed by atoms with E-state index in [1.165, 1.54) is 0 Å². The molecule has 0 spiro atoms. The summed E-state index contributed by atoms with van der Waals surface area (Å²) >= 11 is 0. The van der Waals surface area contributed by atoms with Crippen molar-refractivity contribution >= 4 is 25.2 Å². The quantitative estimate of drug-likeness (QED) is 0.820. The van der Waals surface area contributed by atoms with Crippen molar-refractivity contribution in [3.05, 3.63) is 28.4 Å². The van der Waals surface area contributed by atoms with E-state index in [2.05, 4.69) is 39.6 Å². The third-order valence-corrected chi connectivity index (χ3v) is 4.69. The number of benzene rings is 1. The van der Waals surface area contributed by atoms with Crippen molar-refractivity contribution in [2.24, 2.45) is 5.41 Å². The molecule has 1 aliphatic rings. The first-order chi connectivity index (χ1) is 9.18. The van der Waals surface area contributed by atoms with Gasteiger partial charge in [-0.15, -0.1) is 0 Å². The van der Waals surface area contributed by atoms with Crippen LogP contribution in [0.3, 0.4) is 0 Å². The predicted octanol–water partition coefficient (Wildman–Crippen LogP) is 1.23. The van der Waals surface area contributed by atoms with E-state index >= 15 is 0 Å². The summed E-state index contributed by atoms with van der Waals surface area (Å²) in [5.41, 5.74) is 0.726. The van der Waals surface area contributed by atoms with E-state index in [4.69, 9.17) is 4.65 Å². The predicted molar refractivity (Wildman–Crippen MR) is 83.8 cm³/mol. The van der Waals surface area contributed by atoms with E-state index < -0.39 is 0 Å². The molecule has 0 saturated carbocycles. The van der Waals surface area contributed by atoms with Gasteiger partial charge in [0.2, 0.25) is 0 Å². The highest BCUT2D eigenvalue weighted by molar-refractivity contribution is 6.68. The molecule has 0 unspecified atom stereocenters. The Hall–Kier alpha value is -1.29. The molecular formula is C16H23BFNO. The third-order valence-electron chi connectivity index (χ3n) is 4.69. The van der Waals surface area contributed by atoms with Gasteiger partial charge in [0.05, 0.1) is 5.60 Å². The van der Waals surface area contributed by atoms with Crippen LogP contribution in [0.4, 0.5) is 4.39 Å². The zero-order valence-electron chi connectivity index (χ0n) is 13.0. The van der Waals surface area contributed by atoms with Crippen LogP contribution in [-0.2, 0) is 4.65 Å². The lowest BCUT2D eigenvalue weighted by Gasteiger charge is -2.34. The van der Waals surface area contributed by atoms with E-state index in [9.17, 15) is 4.39 Å². The van der Waals surface area contributed by atoms with Gasteiger partial charge in [-0.3, -0.25) is 0 Å². The molecule has 1 aromatic carbocycles. The zero-order valence-corrected chi connectivity index (χ0v) is 13.0. The van der Waals surface area contributed by atoms with Gasteiger partial charge in [0.25, 0.3) is 0 Å². The van der Waals surface area contributed by atoms with Crippen molar-refractivity contribution in [1.29, 1.82) is 0 Å². The monoisotopic (exact) mass is 275 g/mol. The summed E-state index contributed by atoms with van der Waals surface area (Å²) in [6.45, 7) is 12.3. The molecule has 4 heteroatoms. The van der Waals surface area contributed by atoms with Crippen LogP contribution in [0.1, 0.15) is 27.7 Å². The summed E-state index contributed by atoms with van der Waals surface area (Å²) in [5, 5.41) is 4.12. The Bertz CT molecular complexity index is 608. The van der Waals surface area contributed by atoms with E-state index in [0.29, 0.717) is 5.22 Å². The first-order valence-electron chi connectivity index (χ1n) is 7.01. The lowest BCUT2D eigenvalue weighted by atomic mass is 9.54. The van der Waals surface area contributed by atoms with Crippen LogP contribution in [0, 0.1) is 11.2 Å². The van der Waals surface area contributed by atoms with E-state index in [-0.39, 0.29) is 23.7 Å². The highest BCUT2D eigenvalue weighted by Crippen LogP contribution is 2.44. The lowest BCUT2D eigenvalue weighted by Crippen LogP contribution is -2.40. The second-order valence-electron chi connectivity index (χ2n) is 6.71. The third kappa shape index (κ3) is 2.49. The number of rotatable bonds is 2. The molecule has 1 saturated heterocycles. The standard InChI is InChI=1S/C16H23BFNO/c1-11-12(9-19-6)7-13(8-14(11)18)17-10-15(2,3)16(4,5)20-17/h7-9,19H,1,10H2,2-6H3/b12-9-. The minimum Gasteiger partial charge on any atom is -0.426 e. The number of hydrogen-bond donors (Lipinski definition) is 1. The Morgan fingerprint density at radius 2 is 2.00 bits per heavy atom. The van der Waals surface area contributed by atoms with E-state index in [1.54, 1.807) is 19.3 Å². The molecule has 1 fully saturated rings. The maximum Gasteiger partial charge on any atom is 0.328 e. The summed E-state index contributed by atoms with van der Waals surface area (Å²) in [7, 11) is 1.79. The van der Waals surface area contributed by atoms with Crippen molar-refractivity contribution in [3.63, 3.8) is 0 Å². The molecule has 1 heterocycles. The van der Waals surface area contributed by atoms with E-state index in [0.717, 1.165) is 17.0 Å². The molecule has 0 aliphatic carbocycles. The van der Waals surface area contributed by atoms with Crippen LogP contribution in [-0.4, -0.2) is 19.6 Å². The summed E-state index contributed by atoms with van der Waals surface area (Å²) in [6, 6.07) is 3.52. The Balaban J connectivity index is 2.46. The lowest BCUT2D eigenvalue weighted by molar-refractivity contribution is 0.0375. The molecule has 0 radical (unpaired) electrons. The zero-order chi connectivity index (χ0) is 15.1. The number of hydrogen-bond acceptors (Lipinski definition) is 2. The summed E-state index contributed by atoms with van der Waals surface area (Å²) in [6.07, 6.45) is 2.65. The fourth-order valence-electron chi connectivity index (χ4n) is 2.60. The topological polar surface area (TPSA) is 21.3 Å². The molecule has 0 bridgehead atoms. The van der Waals surface area contributed by atoms with Crippen molar-refractivity contribution in [2.45, 2.75) is 39.6 Å². The molecule has 1 aromatic rings. The van der Waals surface area contributed by atoms with Gasteiger partial charge < -0.3 is 9.97 Å². The molecule has 2 rings (SSSR count). The summed E-state index contributed by atoms with van der Waals surface area (Å²) in [4.78, 5) is 0. The number of halogens is 1. The molecule has 1 N–H and O–H groups in total. The molecular weight excluding hydrogens is 252 g/mol. The normalized spacial score (nSPS) is 21.3. The van der Waals surface area contributed by atoms with Gasteiger partial charge in [-0.1, -0.05) is 26.5 Å². The van der Waals surface area contributed by atoms with Crippen LogP contribution >= 0.6 is 0 Å². The second kappa shape index (κ2) is 4.92. The van der Waals surface area contributed by atoms with Crippen LogP contribution < -0.4 is 21.2 Å². The number of nitrogens with one attached hydrogen (secondary N) is 1. The molecule has 108 valence electrons. The minimum absolute atomic E-state index is 0.0597. The Morgan fingerprint density at radius 1 is 1.35 bits per heavy atom.